The van der Waals surface area contributed by atoms with Gasteiger partial charge in [0.15, 0.2) is 0 Å². The van der Waals surface area contributed by atoms with Crippen molar-refractivity contribution >= 4 is 15.7 Å². The van der Waals surface area contributed by atoms with Crippen LogP contribution in [0.2, 0.25) is 0 Å². The van der Waals surface area contributed by atoms with E-state index in [0.717, 1.165) is 5.56 Å². The van der Waals surface area contributed by atoms with E-state index in [9.17, 15) is 8.42 Å². The smallest absolute Gasteiger partial charge is 0.211 e. The molecular weight excluding hydrogens is 276 g/mol. The lowest BCUT2D eigenvalue weighted by molar-refractivity contribution is 0.396. The number of nitrogens with two attached hydrogens (primary N) is 1. The van der Waals surface area contributed by atoms with E-state index < -0.39 is 10.0 Å². The molecule has 0 spiro atoms. The SMILES string of the molecule is COc1ccc(N)cc1CNS(=O)(=O)CCC(C)(C)C. The highest BCUT2D eigenvalue weighted by molar-refractivity contribution is 7.89. The Labute approximate surface area is 121 Å². The summed E-state index contributed by atoms with van der Waals surface area (Å²) in [7, 11) is -1.75. The number of nitrogen functional groups attached to an aromatic ring is 1. The third-order valence-electron chi connectivity index (χ3n) is 2.91. The number of nitrogens with one attached hydrogen (secondary N) is 1. The van der Waals surface area contributed by atoms with Gasteiger partial charge in [0.05, 0.1) is 12.9 Å². The fraction of sp³-hybridized carbons (Fsp3) is 0.571. The molecule has 3 N–H and O–H groups in total. The molecule has 1 rings (SSSR count). The van der Waals surface area contributed by atoms with Crippen molar-refractivity contribution in [2.24, 2.45) is 5.41 Å². The molecule has 1 aromatic carbocycles. The van der Waals surface area contributed by atoms with E-state index in [1.165, 1.54) is 0 Å². The zero-order valence-electron chi connectivity index (χ0n) is 12.6. The first-order valence-corrected chi connectivity index (χ1v) is 8.18. The van der Waals surface area contributed by atoms with Gasteiger partial charge in [-0.25, -0.2) is 13.1 Å². The molecule has 0 aromatic heterocycles. The Morgan fingerprint density at radius 2 is 1.95 bits per heavy atom. The molecule has 1 aromatic rings. The molecule has 0 amide bonds. The zero-order chi connectivity index (χ0) is 15.4. The summed E-state index contributed by atoms with van der Waals surface area (Å²) in [6.07, 6.45) is 0.608. The third-order valence-corrected chi connectivity index (χ3v) is 4.23. The van der Waals surface area contributed by atoms with Gasteiger partial charge in [-0.2, -0.15) is 0 Å². The minimum Gasteiger partial charge on any atom is -0.496 e. The second-order valence-electron chi connectivity index (χ2n) is 6.02. The highest BCUT2D eigenvalue weighted by atomic mass is 32.2. The molecule has 0 heterocycles. The number of anilines is 1. The maximum atomic E-state index is 12.0. The minimum atomic E-state index is -3.30. The van der Waals surface area contributed by atoms with Gasteiger partial charge in [-0.3, -0.25) is 0 Å². The highest BCUT2D eigenvalue weighted by Crippen LogP contribution is 2.22. The van der Waals surface area contributed by atoms with E-state index in [1.54, 1.807) is 25.3 Å². The summed E-state index contributed by atoms with van der Waals surface area (Å²) in [5.41, 5.74) is 7.00. The summed E-state index contributed by atoms with van der Waals surface area (Å²) in [6, 6.07) is 5.16. The fourth-order valence-corrected chi connectivity index (χ4v) is 3.04. The monoisotopic (exact) mass is 300 g/mol. The van der Waals surface area contributed by atoms with Gasteiger partial charge in [-0.1, -0.05) is 20.8 Å². The first-order valence-electron chi connectivity index (χ1n) is 6.53. The molecule has 0 bridgehead atoms. The Morgan fingerprint density at radius 3 is 2.50 bits per heavy atom. The Kier molecular flexibility index (Phi) is 5.42. The molecule has 20 heavy (non-hydrogen) atoms. The minimum absolute atomic E-state index is 0.0103. The number of hydrogen-bond donors (Lipinski definition) is 2. The van der Waals surface area contributed by atoms with Crippen molar-refractivity contribution in [2.75, 3.05) is 18.6 Å². The summed E-state index contributed by atoms with van der Waals surface area (Å²) in [4.78, 5) is 0. The molecule has 0 atom stereocenters. The second-order valence-corrected chi connectivity index (χ2v) is 7.95. The molecule has 0 aliphatic carbocycles. The molecule has 114 valence electrons. The topological polar surface area (TPSA) is 81.4 Å². The van der Waals surface area contributed by atoms with Crippen LogP contribution < -0.4 is 15.2 Å². The van der Waals surface area contributed by atoms with Crippen molar-refractivity contribution in [1.82, 2.24) is 4.72 Å². The fourth-order valence-electron chi connectivity index (χ4n) is 1.64. The van der Waals surface area contributed by atoms with Gasteiger partial charge in [0.25, 0.3) is 0 Å². The van der Waals surface area contributed by atoms with Gasteiger partial charge >= 0.3 is 0 Å². The van der Waals surface area contributed by atoms with Crippen LogP contribution in [0, 0.1) is 5.41 Å². The molecule has 0 unspecified atom stereocenters. The van der Waals surface area contributed by atoms with Crippen LogP contribution in [0.25, 0.3) is 0 Å². The van der Waals surface area contributed by atoms with Crippen molar-refractivity contribution in [2.45, 2.75) is 33.7 Å². The van der Waals surface area contributed by atoms with Gasteiger partial charge in [0, 0.05) is 17.8 Å². The van der Waals surface area contributed by atoms with E-state index in [4.69, 9.17) is 10.5 Å². The first kappa shape index (κ1) is 16.8. The lowest BCUT2D eigenvalue weighted by Gasteiger charge is -2.18. The molecule has 0 saturated carbocycles. The van der Waals surface area contributed by atoms with Crippen molar-refractivity contribution in [3.63, 3.8) is 0 Å². The summed E-state index contributed by atoms with van der Waals surface area (Å²) in [5, 5.41) is 0. The number of ether oxygens (including phenoxy) is 1. The van der Waals surface area contributed by atoms with E-state index in [-0.39, 0.29) is 17.7 Å². The van der Waals surface area contributed by atoms with E-state index >= 15 is 0 Å². The average Bonchev–Trinajstić information content (AvgIpc) is 2.34. The summed E-state index contributed by atoms with van der Waals surface area (Å²) < 4.78 is 31.7. The number of hydrogen-bond acceptors (Lipinski definition) is 4. The molecule has 5 nitrogen and oxygen atoms in total. The van der Waals surface area contributed by atoms with Crippen LogP contribution in [0.4, 0.5) is 5.69 Å². The van der Waals surface area contributed by atoms with Crippen LogP contribution in [0.3, 0.4) is 0 Å². The number of sulfonamides is 1. The van der Waals surface area contributed by atoms with Crippen LogP contribution in [-0.2, 0) is 16.6 Å². The molecule has 0 aliphatic heterocycles. The van der Waals surface area contributed by atoms with Gasteiger partial charge in [-0.05, 0) is 30.0 Å². The molecule has 0 radical (unpaired) electrons. The number of methoxy groups -OCH3 is 1. The standard InChI is InChI=1S/C14H24N2O3S/c1-14(2,3)7-8-20(17,18)16-10-11-9-12(15)5-6-13(11)19-4/h5-6,9,16H,7-8,10,15H2,1-4H3. The maximum absolute atomic E-state index is 12.0. The van der Waals surface area contributed by atoms with Crippen molar-refractivity contribution in [1.29, 1.82) is 0 Å². The predicted molar refractivity (Wildman–Crippen MR) is 82.1 cm³/mol. The quantitative estimate of drug-likeness (QED) is 0.789. The summed E-state index contributed by atoms with van der Waals surface area (Å²) in [6.45, 7) is 6.23. The van der Waals surface area contributed by atoms with Crippen LogP contribution in [0.15, 0.2) is 18.2 Å². The lowest BCUT2D eigenvalue weighted by atomic mass is 9.94. The van der Waals surface area contributed by atoms with Gasteiger partial charge < -0.3 is 10.5 Å². The largest absolute Gasteiger partial charge is 0.496 e. The van der Waals surface area contributed by atoms with Gasteiger partial charge in [0.2, 0.25) is 10.0 Å². The van der Waals surface area contributed by atoms with E-state index in [1.807, 2.05) is 20.8 Å². The number of benzene rings is 1. The zero-order valence-corrected chi connectivity index (χ0v) is 13.4. The average molecular weight is 300 g/mol. The van der Waals surface area contributed by atoms with Gasteiger partial charge in [0.1, 0.15) is 5.75 Å². The van der Waals surface area contributed by atoms with E-state index in [2.05, 4.69) is 4.72 Å². The number of rotatable bonds is 6. The highest BCUT2D eigenvalue weighted by Gasteiger charge is 2.17. The normalized spacial score (nSPS) is 12.4. The van der Waals surface area contributed by atoms with Crippen LogP contribution in [0.5, 0.6) is 5.75 Å². The van der Waals surface area contributed by atoms with Crippen LogP contribution in [0.1, 0.15) is 32.8 Å². The van der Waals surface area contributed by atoms with Gasteiger partial charge in [-0.15, -0.1) is 0 Å². The Balaban J connectivity index is 2.69. The van der Waals surface area contributed by atoms with E-state index in [0.29, 0.717) is 17.9 Å². The summed E-state index contributed by atoms with van der Waals surface area (Å²) >= 11 is 0. The maximum Gasteiger partial charge on any atom is 0.211 e. The van der Waals surface area contributed by atoms with Crippen molar-refractivity contribution in [3.05, 3.63) is 23.8 Å². The van der Waals surface area contributed by atoms with Crippen molar-refractivity contribution in [3.8, 4) is 5.75 Å². The third kappa shape index (κ3) is 5.79. The van der Waals surface area contributed by atoms with Crippen molar-refractivity contribution < 1.29 is 13.2 Å². The Morgan fingerprint density at radius 1 is 1.30 bits per heavy atom. The Bertz CT molecular complexity index is 548. The Hall–Kier alpha value is -1.27. The molecule has 0 aliphatic rings. The molecule has 0 saturated heterocycles. The molecule has 6 heteroatoms. The predicted octanol–water partition coefficient (Wildman–Crippen LogP) is 2.13. The first-order chi connectivity index (χ1) is 9.13. The van der Waals surface area contributed by atoms with Crippen LogP contribution in [-0.4, -0.2) is 21.3 Å². The lowest BCUT2D eigenvalue weighted by Crippen LogP contribution is -2.28. The van der Waals surface area contributed by atoms with Crippen LogP contribution >= 0.6 is 0 Å². The molecular formula is C14H24N2O3S. The summed E-state index contributed by atoms with van der Waals surface area (Å²) in [5.74, 6) is 0.735. The molecule has 0 fully saturated rings. The second kappa shape index (κ2) is 6.45.